The van der Waals surface area contributed by atoms with Crippen molar-refractivity contribution in [1.29, 1.82) is 0 Å². The lowest BCUT2D eigenvalue weighted by molar-refractivity contribution is 1.56. The number of hydrogen-bond acceptors (Lipinski definition) is 0. The van der Waals surface area contributed by atoms with Gasteiger partial charge in [-0.3, -0.25) is 0 Å². The number of rotatable bonds is 5. The van der Waals surface area contributed by atoms with Crippen molar-refractivity contribution in [3.05, 3.63) is 146 Å². The van der Waals surface area contributed by atoms with Gasteiger partial charge in [-0.1, -0.05) is 147 Å². The van der Waals surface area contributed by atoms with Gasteiger partial charge in [0.05, 0.1) is 0 Å². The largest absolute Gasteiger partial charge is 0.0984 e. The molecule has 36 heavy (non-hydrogen) atoms. The maximum Gasteiger partial charge on any atom is -0.00201 e. The number of fused-ring (bicyclic) bond motifs is 2. The van der Waals surface area contributed by atoms with Crippen LogP contribution in [0.5, 0.6) is 0 Å². The van der Waals surface area contributed by atoms with Crippen molar-refractivity contribution >= 4 is 33.7 Å². The van der Waals surface area contributed by atoms with E-state index in [1.165, 1.54) is 54.9 Å². The van der Waals surface area contributed by atoms with Gasteiger partial charge < -0.3 is 0 Å². The molecule has 6 rings (SSSR count). The van der Waals surface area contributed by atoms with E-state index in [2.05, 4.69) is 128 Å². The minimum Gasteiger partial charge on any atom is -0.0984 e. The second-order valence-corrected chi connectivity index (χ2v) is 8.97. The highest BCUT2D eigenvalue weighted by Crippen LogP contribution is 2.46. The molecule has 0 aromatic heterocycles. The molecule has 0 bridgehead atoms. The fourth-order valence-corrected chi connectivity index (χ4v) is 5.50. The first kappa shape index (κ1) is 21.8. The van der Waals surface area contributed by atoms with Crippen molar-refractivity contribution in [3.8, 4) is 33.4 Å². The van der Waals surface area contributed by atoms with Crippen molar-refractivity contribution in [3.63, 3.8) is 0 Å². The summed E-state index contributed by atoms with van der Waals surface area (Å²) in [7, 11) is 0. The predicted octanol–water partition coefficient (Wildman–Crippen LogP) is 10.3. The molecule has 0 saturated carbocycles. The molecule has 0 atom stereocenters. The molecular weight excluding hydrogens is 432 g/mol. The van der Waals surface area contributed by atoms with Crippen LogP contribution in [0.25, 0.3) is 67.1 Å². The summed E-state index contributed by atoms with van der Waals surface area (Å²) >= 11 is 0. The van der Waals surface area contributed by atoms with Crippen molar-refractivity contribution in [2.24, 2.45) is 0 Å². The molecule has 0 spiro atoms. The monoisotopic (exact) mass is 458 g/mol. The van der Waals surface area contributed by atoms with Gasteiger partial charge in [0.25, 0.3) is 0 Å². The third kappa shape index (κ3) is 3.47. The summed E-state index contributed by atoms with van der Waals surface area (Å²) in [4.78, 5) is 0. The normalized spacial score (nSPS) is 11.0. The zero-order chi connectivity index (χ0) is 24.5. The van der Waals surface area contributed by atoms with E-state index in [9.17, 15) is 0 Å². The average molecular weight is 459 g/mol. The fourth-order valence-electron chi connectivity index (χ4n) is 5.50. The Bertz CT molecular complexity index is 1680. The smallest absolute Gasteiger partial charge is 0.00201 e. The van der Waals surface area contributed by atoms with Crippen molar-refractivity contribution < 1.29 is 0 Å². The van der Waals surface area contributed by atoms with Crippen molar-refractivity contribution in [2.75, 3.05) is 0 Å². The van der Waals surface area contributed by atoms with Crippen LogP contribution in [-0.4, -0.2) is 0 Å². The summed E-state index contributed by atoms with van der Waals surface area (Å²) in [6.07, 6.45) is 3.94. The minimum atomic E-state index is 1.11. The van der Waals surface area contributed by atoms with Crippen LogP contribution in [0.3, 0.4) is 0 Å². The zero-order valence-electron chi connectivity index (χ0n) is 20.1. The van der Waals surface area contributed by atoms with Gasteiger partial charge >= 0.3 is 0 Å². The number of hydrogen-bond donors (Lipinski definition) is 0. The van der Waals surface area contributed by atoms with E-state index in [0.29, 0.717) is 0 Å². The minimum absolute atomic E-state index is 1.11. The van der Waals surface area contributed by atoms with Crippen molar-refractivity contribution in [2.45, 2.75) is 0 Å². The van der Waals surface area contributed by atoms with Gasteiger partial charge in [-0.15, -0.1) is 0 Å². The summed E-state index contributed by atoms with van der Waals surface area (Å²) in [6, 6.07) is 43.2. The summed E-state index contributed by atoms with van der Waals surface area (Å²) in [5, 5.41) is 4.97. The van der Waals surface area contributed by atoms with Gasteiger partial charge in [0.15, 0.2) is 0 Å². The molecule has 0 saturated heterocycles. The second kappa shape index (κ2) is 9.17. The predicted molar refractivity (Wildman–Crippen MR) is 158 cm³/mol. The van der Waals surface area contributed by atoms with Crippen LogP contribution in [0, 0.1) is 0 Å². The van der Waals surface area contributed by atoms with Gasteiger partial charge in [0.2, 0.25) is 0 Å². The van der Waals surface area contributed by atoms with E-state index in [1.807, 2.05) is 18.2 Å². The highest BCUT2D eigenvalue weighted by molar-refractivity contribution is 6.22. The standard InChI is InChI=1S/C36H26/c1-3-27-28(4-2)34(24-23-29(27)25-15-7-5-8-16-25)36-32-21-13-11-19-30(32)35(26-17-9-6-10-18-26)31-20-12-14-22-33(31)36/h3-24H,1-2H2. The van der Waals surface area contributed by atoms with Gasteiger partial charge in [-0.2, -0.15) is 0 Å². The Balaban J connectivity index is 1.75. The van der Waals surface area contributed by atoms with Gasteiger partial charge in [-0.25, -0.2) is 0 Å². The Hall–Kier alpha value is -4.68. The molecule has 0 fully saturated rings. The van der Waals surface area contributed by atoms with Crippen LogP contribution >= 0.6 is 0 Å². The van der Waals surface area contributed by atoms with E-state index in [0.717, 1.165) is 11.1 Å². The summed E-state index contributed by atoms with van der Waals surface area (Å²) in [6.45, 7) is 8.43. The first-order valence-electron chi connectivity index (χ1n) is 12.3. The molecule has 0 amide bonds. The number of benzene rings is 6. The lowest BCUT2D eigenvalue weighted by atomic mass is 9.82. The molecule has 170 valence electrons. The van der Waals surface area contributed by atoms with Crippen LogP contribution in [0.4, 0.5) is 0 Å². The zero-order valence-corrected chi connectivity index (χ0v) is 20.1. The SMILES string of the molecule is C=Cc1c(-c2ccccc2)ccc(-c2c3ccccc3c(-c3ccccc3)c3ccccc23)c1C=C. The van der Waals surface area contributed by atoms with Crippen LogP contribution in [0.2, 0.25) is 0 Å². The van der Waals surface area contributed by atoms with Gasteiger partial charge in [0, 0.05) is 0 Å². The topological polar surface area (TPSA) is 0 Å². The highest BCUT2D eigenvalue weighted by atomic mass is 14.2. The second-order valence-electron chi connectivity index (χ2n) is 8.97. The van der Waals surface area contributed by atoms with Crippen LogP contribution in [0.1, 0.15) is 11.1 Å². The van der Waals surface area contributed by atoms with Crippen LogP contribution in [-0.2, 0) is 0 Å². The first-order chi connectivity index (χ1) is 17.8. The highest BCUT2D eigenvalue weighted by Gasteiger charge is 2.19. The molecule has 0 unspecified atom stereocenters. The third-order valence-electron chi connectivity index (χ3n) is 7.04. The molecule has 0 radical (unpaired) electrons. The molecule has 0 heteroatoms. The molecule has 0 aliphatic carbocycles. The third-order valence-corrected chi connectivity index (χ3v) is 7.04. The quantitative estimate of drug-likeness (QED) is 0.225. The Kier molecular flexibility index (Phi) is 5.56. The Morgan fingerprint density at radius 3 is 1.25 bits per heavy atom. The Morgan fingerprint density at radius 1 is 0.361 bits per heavy atom. The van der Waals surface area contributed by atoms with E-state index in [1.54, 1.807) is 0 Å². The Morgan fingerprint density at radius 2 is 0.750 bits per heavy atom. The van der Waals surface area contributed by atoms with E-state index in [-0.39, 0.29) is 0 Å². The van der Waals surface area contributed by atoms with Crippen LogP contribution < -0.4 is 0 Å². The summed E-state index contributed by atoms with van der Waals surface area (Å²) in [5.74, 6) is 0. The van der Waals surface area contributed by atoms with E-state index in [4.69, 9.17) is 0 Å². The Labute approximate surface area is 212 Å². The van der Waals surface area contributed by atoms with Gasteiger partial charge in [0.1, 0.15) is 0 Å². The average Bonchev–Trinajstić information content (AvgIpc) is 2.96. The van der Waals surface area contributed by atoms with E-state index >= 15 is 0 Å². The maximum atomic E-state index is 4.24. The molecule has 0 heterocycles. The van der Waals surface area contributed by atoms with E-state index < -0.39 is 0 Å². The molecule has 6 aromatic carbocycles. The molecule has 0 aliphatic rings. The lowest BCUT2D eigenvalue weighted by Gasteiger charge is -2.21. The molecular formula is C36H26. The summed E-state index contributed by atoms with van der Waals surface area (Å²) in [5.41, 5.74) is 9.46. The molecule has 0 N–H and O–H groups in total. The van der Waals surface area contributed by atoms with Gasteiger partial charge in [-0.05, 0) is 66.1 Å². The fraction of sp³-hybridized carbons (Fsp3) is 0. The van der Waals surface area contributed by atoms with Crippen molar-refractivity contribution in [1.82, 2.24) is 0 Å². The van der Waals surface area contributed by atoms with Crippen LogP contribution in [0.15, 0.2) is 134 Å². The maximum absolute atomic E-state index is 4.24. The molecule has 0 nitrogen and oxygen atoms in total. The summed E-state index contributed by atoms with van der Waals surface area (Å²) < 4.78 is 0. The molecule has 6 aromatic rings. The lowest BCUT2D eigenvalue weighted by Crippen LogP contribution is -1.95. The molecule has 0 aliphatic heterocycles. The first-order valence-corrected chi connectivity index (χ1v) is 12.3.